The summed E-state index contributed by atoms with van der Waals surface area (Å²) in [5.74, 6) is 0.155. The highest BCUT2D eigenvalue weighted by molar-refractivity contribution is 5.80. The number of rotatable bonds is 2. The van der Waals surface area contributed by atoms with Crippen LogP contribution in [0.4, 0.5) is 0 Å². The fraction of sp³-hybridized carbons (Fsp3) is 0.917. The average Bonchev–Trinajstić information content (AvgIpc) is 2.64. The second-order valence-electron chi connectivity index (χ2n) is 5.70. The molecule has 0 bridgehead atoms. The Bertz CT molecular complexity index is 291. The summed E-state index contributed by atoms with van der Waals surface area (Å²) in [7, 11) is 0. The molecule has 16 heavy (non-hydrogen) atoms. The molecule has 4 nitrogen and oxygen atoms in total. The van der Waals surface area contributed by atoms with Crippen LogP contribution in [0.2, 0.25) is 0 Å². The Hall–Kier alpha value is -0.610. The molecule has 4 heteroatoms. The van der Waals surface area contributed by atoms with Gasteiger partial charge in [-0.15, -0.1) is 0 Å². The van der Waals surface area contributed by atoms with Gasteiger partial charge in [0.2, 0.25) is 5.91 Å². The summed E-state index contributed by atoms with van der Waals surface area (Å²) in [6.45, 7) is 6.89. The zero-order valence-corrected chi connectivity index (χ0v) is 10.3. The molecule has 0 spiro atoms. The Morgan fingerprint density at radius 3 is 2.62 bits per heavy atom. The zero-order chi connectivity index (χ0) is 11.9. The molecule has 0 radical (unpaired) electrons. The number of carbonyl (C=O) groups is 1. The van der Waals surface area contributed by atoms with E-state index in [1.807, 2.05) is 6.92 Å². The van der Waals surface area contributed by atoms with Gasteiger partial charge in [0.15, 0.2) is 0 Å². The first-order valence-electron chi connectivity index (χ1n) is 6.10. The SMILES string of the molecule is CC1OCCC1C(=O)NC1CC(N)C1(C)C. The minimum Gasteiger partial charge on any atom is -0.378 e. The highest BCUT2D eigenvalue weighted by Crippen LogP contribution is 2.39. The lowest BCUT2D eigenvalue weighted by Gasteiger charge is -2.50. The summed E-state index contributed by atoms with van der Waals surface area (Å²) < 4.78 is 5.41. The number of hydrogen-bond acceptors (Lipinski definition) is 3. The van der Waals surface area contributed by atoms with Crippen LogP contribution in [0.1, 0.15) is 33.6 Å². The molecule has 0 aromatic heterocycles. The molecule has 2 fully saturated rings. The van der Waals surface area contributed by atoms with E-state index in [2.05, 4.69) is 19.2 Å². The highest BCUT2D eigenvalue weighted by atomic mass is 16.5. The monoisotopic (exact) mass is 226 g/mol. The van der Waals surface area contributed by atoms with Crippen molar-refractivity contribution in [2.24, 2.45) is 17.1 Å². The molecule has 1 saturated carbocycles. The fourth-order valence-corrected chi connectivity index (χ4v) is 2.56. The van der Waals surface area contributed by atoms with E-state index in [1.165, 1.54) is 0 Å². The van der Waals surface area contributed by atoms with Crippen molar-refractivity contribution in [3.8, 4) is 0 Å². The van der Waals surface area contributed by atoms with Crippen molar-refractivity contribution in [3.05, 3.63) is 0 Å². The third-order valence-corrected chi connectivity index (χ3v) is 4.37. The van der Waals surface area contributed by atoms with E-state index in [0.717, 1.165) is 12.8 Å². The van der Waals surface area contributed by atoms with Crippen molar-refractivity contribution in [3.63, 3.8) is 0 Å². The Balaban J connectivity index is 1.89. The second kappa shape index (κ2) is 4.00. The molecule has 1 amide bonds. The lowest BCUT2D eigenvalue weighted by atomic mass is 9.63. The van der Waals surface area contributed by atoms with Crippen LogP contribution < -0.4 is 11.1 Å². The van der Waals surface area contributed by atoms with Crippen molar-refractivity contribution in [2.75, 3.05) is 6.61 Å². The van der Waals surface area contributed by atoms with E-state index >= 15 is 0 Å². The summed E-state index contributed by atoms with van der Waals surface area (Å²) in [6.07, 6.45) is 1.78. The van der Waals surface area contributed by atoms with Crippen LogP contribution in [0.3, 0.4) is 0 Å². The maximum atomic E-state index is 12.0. The Kier molecular flexibility index (Phi) is 2.97. The normalized spacial score (nSPS) is 41.5. The molecule has 2 rings (SSSR count). The van der Waals surface area contributed by atoms with Crippen LogP contribution in [0, 0.1) is 11.3 Å². The maximum absolute atomic E-state index is 12.0. The first-order chi connectivity index (χ1) is 7.43. The summed E-state index contributed by atoms with van der Waals surface area (Å²) in [5.41, 5.74) is 5.95. The number of hydrogen-bond donors (Lipinski definition) is 2. The molecule has 3 N–H and O–H groups in total. The van der Waals surface area contributed by atoms with E-state index in [9.17, 15) is 4.79 Å². The van der Waals surface area contributed by atoms with Crippen LogP contribution in [0.15, 0.2) is 0 Å². The molecule has 1 saturated heterocycles. The molecule has 1 aliphatic carbocycles. The molecular formula is C12H22N2O2. The topological polar surface area (TPSA) is 64.3 Å². The first kappa shape index (κ1) is 11.9. The van der Waals surface area contributed by atoms with E-state index in [0.29, 0.717) is 6.61 Å². The van der Waals surface area contributed by atoms with Gasteiger partial charge in [-0.2, -0.15) is 0 Å². The summed E-state index contributed by atoms with van der Waals surface area (Å²) in [4.78, 5) is 12.0. The smallest absolute Gasteiger partial charge is 0.226 e. The standard InChI is InChI=1S/C12H22N2O2/c1-7-8(4-5-16-7)11(15)14-10-6-9(13)12(10,2)3/h7-10H,4-6,13H2,1-3H3,(H,14,15). The first-order valence-corrected chi connectivity index (χ1v) is 6.10. The van der Waals surface area contributed by atoms with Crippen LogP contribution in [0.5, 0.6) is 0 Å². The number of carbonyl (C=O) groups excluding carboxylic acids is 1. The molecule has 4 atom stereocenters. The molecule has 0 aromatic carbocycles. The third-order valence-electron chi connectivity index (χ3n) is 4.37. The highest BCUT2D eigenvalue weighted by Gasteiger charge is 2.47. The fourth-order valence-electron chi connectivity index (χ4n) is 2.56. The largest absolute Gasteiger partial charge is 0.378 e. The lowest BCUT2D eigenvalue weighted by Crippen LogP contribution is -2.65. The Labute approximate surface area is 96.9 Å². The van der Waals surface area contributed by atoms with E-state index in [1.54, 1.807) is 0 Å². The number of ether oxygens (including phenoxy) is 1. The summed E-state index contributed by atoms with van der Waals surface area (Å²) in [6, 6.07) is 0.429. The van der Waals surface area contributed by atoms with E-state index in [-0.39, 0.29) is 35.4 Å². The van der Waals surface area contributed by atoms with Crippen LogP contribution in [-0.2, 0) is 9.53 Å². The molecule has 92 valence electrons. The molecule has 0 aromatic rings. The van der Waals surface area contributed by atoms with Crippen molar-refractivity contribution < 1.29 is 9.53 Å². The molecule has 4 unspecified atom stereocenters. The molecule has 1 heterocycles. The van der Waals surface area contributed by atoms with Gasteiger partial charge < -0.3 is 15.8 Å². The molecule has 2 aliphatic rings. The van der Waals surface area contributed by atoms with Crippen molar-refractivity contribution in [1.29, 1.82) is 0 Å². The van der Waals surface area contributed by atoms with Crippen LogP contribution in [-0.4, -0.2) is 30.7 Å². The Morgan fingerprint density at radius 1 is 1.50 bits per heavy atom. The Morgan fingerprint density at radius 2 is 2.19 bits per heavy atom. The van der Waals surface area contributed by atoms with Gasteiger partial charge in [-0.25, -0.2) is 0 Å². The van der Waals surface area contributed by atoms with Crippen LogP contribution >= 0.6 is 0 Å². The number of amides is 1. The average molecular weight is 226 g/mol. The maximum Gasteiger partial charge on any atom is 0.226 e. The third kappa shape index (κ3) is 1.84. The zero-order valence-electron chi connectivity index (χ0n) is 10.3. The van der Waals surface area contributed by atoms with Gasteiger partial charge in [0.05, 0.1) is 12.0 Å². The van der Waals surface area contributed by atoms with Gasteiger partial charge in [0.25, 0.3) is 0 Å². The van der Waals surface area contributed by atoms with Crippen LogP contribution in [0.25, 0.3) is 0 Å². The minimum atomic E-state index is 0.0209. The van der Waals surface area contributed by atoms with Gasteiger partial charge in [-0.05, 0) is 19.8 Å². The van der Waals surface area contributed by atoms with Gasteiger partial charge >= 0.3 is 0 Å². The summed E-state index contributed by atoms with van der Waals surface area (Å²) >= 11 is 0. The predicted octanol–water partition coefficient (Wildman–Crippen LogP) is 0.653. The lowest BCUT2D eigenvalue weighted by molar-refractivity contribution is -0.129. The number of nitrogens with two attached hydrogens (primary N) is 1. The van der Waals surface area contributed by atoms with Gasteiger partial charge in [0.1, 0.15) is 0 Å². The van der Waals surface area contributed by atoms with Crippen molar-refractivity contribution in [1.82, 2.24) is 5.32 Å². The van der Waals surface area contributed by atoms with E-state index < -0.39 is 0 Å². The van der Waals surface area contributed by atoms with E-state index in [4.69, 9.17) is 10.5 Å². The van der Waals surface area contributed by atoms with Gasteiger partial charge in [0, 0.05) is 24.1 Å². The quantitative estimate of drug-likeness (QED) is 0.727. The minimum absolute atomic E-state index is 0.0209. The molecule has 1 aliphatic heterocycles. The predicted molar refractivity (Wildman–Crippen MR) is 61.8 cm³/mol. The second-order valence-corrected chi connectivity index (χ2v) is 5.70. The van der Waals surface area contributed by atoms with Crippen molar-refractivity contribution in [2.45, 2.75) is 51.8 Å². The summed E-state index contributed by atoms with van der Waals surface area (Å²) in [5, 5.41) is 3.11. The van der Waals surface area contributed by atoms with Crippen molar-refractivity contribution >= 4 is 5.91 Å². The number of nitrogens with one attached hydrogen (secondary N) is 1. The molecular weight excluding hydrogens is 204 g/mol. The van der Waals surface area contributed by atoms with Gasteiger partial charge in [-0.1, -0.05) is 13.8 Å². The van der Waals surface area contributed by atoms with Gasteiger partial charge in [-0.3, -0.25) is 4.79 Å².